The van der Waals surface area contributed by atoms with E-state index in [1.807, 2.05) is 0 Å². The zero-order valence-electron chi connectivity index (χ0n) is 17.1. The van der Waals surface area contributed by atoms with Gasteiger partial charge in [-0.3, -0.25) is 0 Å². The van der Waals surface area contributed by atoms with E-state index in [0.29, 0.717) is 5.57 Å². The van der Waals surface area contributed by atoms with E-state index in [9.17, 15) is 22.0 Å². The number of halogens is 6. The van der Waals surface area contributed by atoms with Gasteiger partial charge in [-0.15, -0.1) is 0 Å². The van der Waals surface area contributed by atoms with Gasteiger partial charge >= 0.3 is 6.18 Å². The van der Waals surface area contributed by atoms with Gasteiger partial charge in [0, 0.05) is 5.57 Å². The molecule has 174 valence electrons. The lowest BCUT2D eigenvalue weighted by atomic mass is 9.86. The van der Waals surface area contributed by atoms with Gasteiger partial charge in [-0.1, -0.05) is 24.3 Å². The summed E-state index contributed by atoms with van der Waals surface area (Å²) in [4.78, 5) is 11.4. The van der Waals surface area contributed by atoms with E-state index in [0.717, 1.165) is 18.3 Å². The van der Waals surface area contributed by atoms with Crippen LogP contribution in [0.15, 0.2) is 59.2 Å². The number of nitrogens with two attached hydrogens (primary N) is 1. The summed E-state index contributed by atoms with van der Waals surface area (Å²) >= 11 is 5.60. The molecule has 32 heavy (non-hydrogen) atoms. The topological polar surface area (TPSA) is 82.6 Å². The number of aromatic nitrogens is 2. The third kappa shape index (κ3) is 6.86. The number of ether oxygens (including phenoxy) is 2. The number of alkyl halides is 3. The van der Waals surface area contributed by atoms with Gasteiger partial charge in [-0.25, -0.2) is 23.7 Å². The zero-order chi connectivity index (χ0) is 24.1. The fourth-order valence-electron chi connectivity index (χ4n) is 2.63. The number of aliphatic imine (C=N–C) groups is 1. The molecule has 0 bridgehead atoms. The molecule has 1 aromatic rings. The summed E-state index contributed by atoms with van der Waals surface area (Å²) < 4.78 is 76.5. The fraction of sp³-hybridized carbons (Fsp3) is 0.350. The molecular weight excluding hydrogens is 459 g/mol. The van der Waals surface area contributed by atoms with E-state index in [4.69, 9.17) is 26.8 Å². The van der Waals surface area contributed by atoms with Gasteiger partial charge < -0.3 is 15.2 Å². The molecule has 1 aliphatic heterocycles. The third-order valence-corrected chi connectivity index (χ3v) is 4.61. The molecule has 12 heteroatoms. The van der Waals surface area contributed by atoms with Crippen molar-refractivity contribution in [3.05, 3.63) is 65.0 Å². The summed E-state index contributed by atoms with van der Waals surface area (Å²) in [5, 5.41) is 0.0970. The second kappa shape index (κ2) is 10.2. The Kier molecular flexibility index (Phi) is 8.13. The Bertz CT molecular complexity index is 973. The maximum absolute atomic E-state index is 14.8. The third-order valence-electron chi connectivity index (χ3n) is 4.41. The number of rotatable bonds is 7. The second-order valence-corrected chi connectivity index (χ2v) is 7.33. The van der Waals surface area contributed by atoms with Crippen molar-refractivity contribution >= 4 is 23.4 Å². The molecule has 2 N–H and O–H groups in total. The van der Waals surface area contributed by atoms with Crippen molar-refractivity contribution in [3.8, 4) is 0 Å². The first-order valence-corrected chi connectivity index (χ1v) is 9.45. The molecule has 0 saturated carbocycles. The van der Waals surface area contributed by atoms with E-state index >= 15 is 0 Å². The minimum atomic E-state index is -4.60. The Labute approximate surface area is 186 Å². The summed E-state index contributed by atoms with van der Waals surface area (Å²) in [6, 6.07) is -0.339. The minimum absolute atomic E-state index is 0.0693. The normalized spacial score (nSPS) is 22.9. The number of nitrogens with zero attached hydrogens (tertiary/aromatic N) is 3. The molecule has 0 saturated heterocycles. The molecule has 1 aromatic heterocycles. The molecular formula is C20H20ClF5N4O2. The molecule has 0 unspecified atom stereocenters. The summed E-state index contributed by atoms with van der Waals surface area (Å²) in [5.74, 6) is -1.64. The highest BCUT2D eigenvalue weighted by molar-refractivity contribution is 6.29. The van der Waals surface area contributed by atoms with Crippen LogP contribution >= 0.6 is 11.6 Å². The highest BCUT2D eigenvalue weighted by atomic mass is 35.5. The molecule has 2 atom stereocenters. The van der Waals surface area contributed by atoms with Gasteiger partial charge in [-0.05, 0) is 31.6 Å². The first-order chi connectivity index (χ1) is 14.8. The summed E-state index contributed by atoms with van der Waals surface area (Å²) in [6.07, 6.45) is -0.290. The van der Waals surface area contributed by atoms with Gasteiger partial charge in [-0.2, -0.15) is 13.2 Å². The molecule has 2 rings (SSSR count). The Morgan fingerprint density at radius 1 is 1.34 bits per heavy atom. The number of amidine groups is 1. The van der Waals surface area contributed by atoms with Gasteiger partial charge in [0.1, 0.15) is 41.5 Å². The molecule has 6 nitrogen and oxygen atoms in total. The van der Waals surface area contributed by atoms with Crippen molar-refractivity contribution in [2.45, 2.75) is 31.7 Å². The largest absolute Gasteiger partial charge is 0.463 e. The molecule has 0 fully saturated rings. The van der Waals surface area contributed by atoms with E-state index < -0.39 is 36.1 Å². The minimum Gasteiger partial charge on any atom is -0.463 e. The Balaban J connectivity index is 2.22. The summed E-state index contributed by atoms with van der Waals surface area (Å²) in [7, 11) is 0. The molecule has 0 radical (unpaired) electrons. The molecule has 0 amide bonds. The zero-order valence-corrected chi connectivity index (χ0v) is 17.8. The lowest BCUT2D eigenvalue weighted by Crippen LogP contribution is -2.51. The van der Waals surface area contributed by atoms with Crippen molar-refractivity contribution in [1.29, 1.82) is 0 Å². The van der Waals surface area contributed by atoms with E-state index in [2.05, 4.69) is 21.5 Å². The van der Waals surface area contributed by atoms with E-state index in [1.165, 1.54) is 26.1 Å². The molecule has 0 aliphatic carbocycles. The lowest BCUT2D eigenvalue weighted by Gasteiger charge is -2.38. The van der Waals surface area contributed by atoms with Crippen LogP contribution in [-0.2, 0) is 9.47 Å². The van der Waals surface area contributed by atoms with Crippen LogP contribution in [0.1, 0.15) is 19.5 Å². The van der Waals surface area contributed by atoms with Crippen molar-refractivity contribution in [2.75, 3.05) is 13.2 Å². The first-order valence-electron chi connectivity index (χ1n) is 9.07. The highest BCUT2D eigenvalue weighted by Crippen LogP contribution is 2.35. The van der Waals surface area contributed by atoms with E-state index in [1.54, 1.807) is 0 Å². The number of allylic oxidation sites excluding steroid dienone is 4. The predicted octanol–water partition coefficient (Wildman–Crippen LogP) is 4.85. The van der Waals surface area contributed by atoms with Crippen LogP contribution in [0.3, 0.4) is 0 Å². The Hall–Kier alpha value is -2.79. The van der Waals surface area contributed by atoms with Gasteiger partial charge in [0.25, 0.3) is 6.02 Å². The van der Waals surface area contributed by atoms with Crippen LogP contribution in [0.4, 0.5) is 22.0 Å². The number of hydrogen-bond donors (Lipinski definition) is 1. The van der Waals surface area contributed by atoms with Gasteiger partial charge in [0.2, 0.25) is 0 Å². The molecule has 2 heterocycles. The van der Waals surface area contributed by atoms with Crippen LogP contribution in [0.25, 0.3) is 5.83 Å². The summed E-state index contributed by atoms with van der Waals surface area (Å²) in [5.41, 5.74) is 3.81. The smallest absolute Gasteiger partial charge is 0.411 e. The molecule has 0 spiro atoms. The summed E-state index contributed by atoms with van der Waals surface area (Å²) in [6.45, 7) is 4.47. The van der Waals surface area contributed by atoms with Crippen LogP contribution in [0.2, 0.25) is 5.15 Å². The number of hydrogen-bond acceptors (Lipinski definition) is 6. The van der Waals surface area contributed by atoms with Crippen LogP contribution in [-0.4, -0.2) is 47.0 Å². The monoisotopic (exact) mass is 478 g/mol. The van der Waals surface area contributed by atoms with Gasteiger partial charge in [0.15, 0.2) is 5.83 Å². The average Bonchev–Trinajstić information content (AvgIpc) is 2.70. The molecule has 1 aliphatic rings. The average molecular weight is 479 g/mol. The van der Waals surface area contributed by atoms with Crippen LogP contribution < -0.4 is 5.73 Å². The maximum Gasteiger partial charge on any atom is 0.411 e. The first kappa shape index (κ1) is 25.5. The molecule has 0 aromatic carbocycles. The van der Waals surface area contributed by atoms with E-state index in [-0.39, 0.29) is 29.0 Å². The Morgan fingerprint density at radius 3 is 2.62 bits per heavy atom. The fourth-order valence-corrected chi connectivity index (χ4v) is 2.73. The predicted molar refractivity (Wildman–Crippen MR) is 110 cm³/mol. The van der Waals surface area contributed by atoms with Crippen molar-refractivity contribution < 1.29 is 31.4 Å². The highest BCUT2D eigenvalue weighted by Gasteiger charge is 2.44. The SMILES string of the molecule is C=C(\C(F)=C/C=C(C)/C=C(\F)c1cnc(Cl)cn1)[C@@]1(C)N=C(N)OC[C@@H]1OCC(F)(F)F. The maximum atomic E-state index is 14.8. The quantitative estimate of drug-likeness (QED) is 0.447. The Morgan fingerprint density at radius 2 is 2.03 bits per heavy atom. The second-order valence-electron chi connectivity index (χ2n) is 6.94. The van der Waals surface area contributed by atoms with Crippen molar-refractivity contribution in [2.24, 2.45) is 10.7 Å². The van der Waals surface area contributed by atoms with Crippen molar-refractivity contribution in [1.82, 2.24) is 9.97 Å². The van der Waals surface area contributed by atoms with Crippen molar-refractivity contribution in [3.63, 3.8) is 0 Å². The standard InChI is InChI=1S/C20H20ClF5N4O2/c1-11(6-14(23)15-7-29-17(21)8-28-15)4-5-13(22)12(2)19(3)16(9-31-18(27)30-19)32-10-20(24,25)26/h4-8,16H,2,9-10H2,1,3H3,(H2,27,30)/b11-4+,13-5+,14-6-/t16-,19+/m0/s1. The van der Waals surface area contributed by atoms with Crippen LogP contribution in [0.5, 0.6) is 0 Å². The van der Waals surface area contributed by atoms with Crippen LogP contribution in [0, 0.1) is 0 Å². The van der Waals surface area contributed by atoms with Gasteiger partial charge in [0.05, 0.1) is 12.4 Å². The lowest BCUT2D eigenvalue weighted by molar-refractivity contribution is -0.194.